The first-order valence-corrected chi connectivity index (χ1v) is 7.72. The summed E-state index contributed by atoms with van der Waals surface area (Å²) in [6, 6.07) is -0.00201. The van der Waals surface area contributed by atoms with E-state index in [4.69, 9.17) is 0 Å². The number of hydrogen-bond acceptors (Lipinski definition) is 2. The third-order valence-corrected chi connectivity index (χ3v) is 5.38. The number of carbonyl (C=O) groups excluding carboxylic acids is 1. The number of nitrogens with one attached hydrogen (secondary N) is 2. The van der Waals surface area contributed by atoms with Gasteiger partial charge in [-0.1, -0.05) is 26.7 Å². The highest BCUT2D eigenvalue weighted by atomic mass is 16.4. The fourth-order valence-corrected chi connectivity index (χ4v) is 3.56. The van der Waals surface area contributed by atoms with Crippen LogP contribution in [0.4, 0.5) is 4.79 Å². The zero-order valence-electron chi connectivity index (χ0n) is 12.4. The van der Waals surface area contributed by atoms with E-state index < -0.39 is 11.4 Å². The van der Waals surface area contributed by atoms with Gasteiger partial charge in [0.15, 0.2) is 0 Å². The van der Waals surface area contributed by atoms with Crippen LogP contribution in [0.1, 0.15) is 52.4 Å². The Kier molecular flexibility index (Phi) is 4.55. The predicted molar refractivity (Wildman–Crippen MR) is 76.4 cm³/mol. The standard InChI is InChI=1S/C15H26N2O3/c1-10-5-6-12(11(10)2)17-14(20)16-9-15(13(18)19)7-3-4-8-15/h10-12H,3-9H2,1-2H3,(H,18,19)(H2,16,17,20). The van der Waals surface area contributed by atoms with E-state index in [-0.39, 0.29) is 18.6 Å². The number of rotatable bonds is 4. The first kappa shape index (κ1) is 15.1. The molecule has 2 aliphatic rings. The third kappa shape index (κ3) is 3.07. The maximum Gasteiger partial charge on any atom is 0.315 e. The van der Waals surface area contributed by atoms with Crippen molar-refractivity contribution in [2.75, 3.05) is 6.54 Å². The molecule has 2 fully saturated rings. The first-order valence-electron chi connectivity index (χ1n) is 7.72. The predicted octanol–water partition coefficient (Wildman–Crippen LogP) is 2.37. The molecule has 0 aromatic rings. The van der Waals surface area contributed by atoms with Gasteiger partial charge in [-0.05, 0) is 37.5 Å². The Morgan fingerprint density at radius 1 is 1.20 bits per heavy atom. The molecule has 0 aliphatic heterocycles. The van der Waals surface area contributed by atoms with Crippen LogP contribution in [-0.2, 0) is 4.79 Å². The van der Waals surface area contributed by atoms with E-state index in [1.165, 1.54) is 0 Å². The second kappa shape index (κ2) is 6.02. The van der Waals surface area contributed by atoms with Gasteiger partial charge >= 0.3 is 12.0 Å². The number of carbonyl (C=O) groups is 2. The molecule has 5 nitrogen and oxygen atoms in total. The quantitative estimate of drug-likeness (QED) is 0.740. The molecule has 0 radical (unpaired) electrons. The summed E-state index contributed by atoms with van der Waals surface area (Å²) in [5.74, 6) is 0.347. The Balaban J connectivity index is 1.81. The van der Waals surface area contributed by atoms with E-state index in [1.54, 1.807) is 0 Å². The number of hydrogen-bond donors (Lipinski definition) is 3. The van der Waals surface area contributed by atoms with Crippen LogP contribution in [0.15, 0.2) is 0 Å². The highest BCUT2D eigenvalue weighted by Crippen LogP contribution is 2.37. The van der Waals surface area contributed by atoms with E-state index in [9.17, 15) is 14.7 Å². The van der Waals surface area contributed by atoms with Crippen molar-refractivity contribution in [2.24, 2.45) is 17.3 Å². The van der Waals surface area contributed by atoms with E-state index in [0.29, 0.717) is 24.7 Å². The number of aliphatic carboxylic acids is 1. The zero-order valence-corrected chi connectivity index (χ0v) is 12.4. The second-order valence-corrected chi connectivity index (χ2v) is 6.64. The summed E-state index contributed by atoms with van der Waals surface area (Å²) < 4.78 is 0. The summed E-state index contributed by atoms with van der Waals surface area (Å²) in [5.41, 5.74) is -0.744. The molecule has 114 valence electrons. The van der Waals surface area contributed by atoms with Crippen molar-refractivity contribution in [1.29, 1.82) is 0 Å². The summed E-state index contributed by atoms with van der Waals surface area (Å²) in [5, 5.41) is 15.1. The minimum atomic E-state index is -0.779. The second-order valence-electron chi connectivity index (χ2n) is 6.64. The van der Waals surface area contributed by atoms with Crippen molar-refractivity contribution < 1.29 is 14.7 Å². The Hall–Kier alpha value is -1.26. The molecule has 0 spiro atoms. The lowest BCUT2D eigenvalue weighted by Gasteiger charge is -2.25. The molecule has 0 bridgehead atoms. The minimum Gasteiger partial charge on any atom is -0.481 e. The number of amides is 2. The van der Waals surface area contributed by atoms with Gasteiger partial charge in [-0.25, -0.2) is 4.79 Å². The molecule has 3 atom stereocenters. The van der Waals surface area contributed by atoms with Crippen LogP contribution in [0.25, 0.3) is 0 Å². The smallest absolute Gasteiger partial charge is 0.315 e. The highest BCUT2D eigenvalue weighted by molar-refractivity contribution is 5.78. The fourth-order valence-electron chi connectivity index (χ4n) is 3.56. The van der Waals surface area contributed by atoms with Gasteiger partial charge in [-0.15, -0.1) is 0 Å². The van der Waals surface area contributed by atoms with Crippen LogP contribution in [0.3, 0.4) is 0 Å². The van der Waals surface area contributed by atoms with Crippen LogP contribution in [0.2, 0.25) is 0 Å². The van der Waals surface area contributed by atoms with Crippen LogP contribution in [0, 0.1) is 17.3 Å². The van der Waals surface area contributed by atoms with Crippen molar-refractivity contribution in [3.8, 4) is 0 Å². The van der Waals surface area contributed by atoms with Crippen LogP contribution in [0.5, 0.6) is 0 Å². The highest BCUT2D eigenvalue weighted by Gasteiger charge is 2.41. The van der Waals surface area contributed by atoms with Crippen molar-refractivity contribution >= 4 is 12.0 Å². The van der Waals surface area contributed by atoms with Crippen LogP contribution < -0.4 is 10.6 Å². The Morgan fingerprint density at radius 3 is 2.35 bits per heavy atom. The van der Waals surface area contributed by atoms with E-state index in [2.05, 4.69) is 24.5 Å². The lowest BCUT2D eigenvalue weighted by Crippen LogP contribution is -2.48. The molecule has 0 aromatic heterocycles. The maximum absolute atomic E-state index is 12.0. The molecule has 2 amide bonds. The van der Waals surface area contributed by atoms with Gasteiger partial charge in [0.05, 0.1) is 5.41 Å². The van der Waals surface area contributed by atoms with E-state index in [0.717, 1.165) is 25.7 Å². The van der Waals surface area contributed by atoms with Gasteiger partial charge in [0.2, 0.25) is 0 Å². The molecule has 5 heteroatoms. The third-order valence-electron chi connectivity index (χ3n) is 5.38. The average molecular weight is 282 g/mol. The fraction of sp³-hybridized carbons (Fsp3) is 0.867. The van der Waals surface area contributed by atoms with Gasteiger partial charge in [-0.3, -0.25) is 4.79 Å². The van der Waals surface area contributed by atoms with E-state index >= 15 is 0 Å². The molecule has 20 heavy (non-hydrogen) atoms. The minimum absolute atomic E-state index is 0.217. The molecule has 3 unspecified atom stereocenters. The van der Waals surface area contributed by atoms with Crippen molar-refractivity contribution in [2.45, 2.75) is 58.4 Å². The van der Waals surface area contributed by atoms with Gasteiger partial charge in [0.25, 0.3) is 0 Å². The molecule has 2 aliphatic carbocycles. The molecular weight excluding hydrogens is 256 g/mol. The van der Waals surface area contributed by atoms with Gasteiger partial charge < -0.3 is 15.7 Å². The topological polar surface area (TPSA) is 78.4 Å². The number of urea groups is 1. The number of carboxylic acids is 1. The SMILES string of the molecule is CC1CCC(NC(=O)NCC2(C(=O)O)CCCC2)C1C. The Bertz CT molecular complexity index is 377. The van der Waals surface area contributed by atoms with Gasteiger partial charge in [0, 0.05) is 12.6 Å². The molecular formula is C15H26N2O3. The van der Waals surface area contributed by atoms with Crippen LogP contribution in [-0.4, -0.2) is 29.7 Å². The molecule has 0 heterocycles. The summed E-state index contributed by atoms with van der Waals surface area (Å²) in [6.45, 7) is 4.62. The first-order chi connectivity index (χ1) is 9.44. The van der Waals surface area contributed by atoms with E-state index in [1.807, 2.05) is 0 Å². The van der Waals surface area contributed by atoms with Crippen molar-refractivity contribution in [1.82, 2.24) is 10.6 Å². The van der Waals surface area contributed by atoms with Crippen LogP contribution >= 0.6 is 0 Å². The maximum atomic E-state index is 12.0. The van der Waals surface area contributed by atoms with Gasteiger partial charge in [0.1, 0.15) is 0 Å². The summed E-state index contributed by atoms with van der Waals surface area (Å²) in [7, 11) is 0. The van der Waals surface area contributed by atoms with Gasteiger partial charge in [-0.2, -0.15) is 0 Å². The lowest BCUT2D eigenvalue weighted by atomic mass is 9.86. The monoisotopic (exact) mass is 282 g/mol. The lowest BCUT2D eigenvalue weighted by molar-refractivity contribution is -0.148. The molecule has 3 N–H and O–H groups in total. The summed E-state index contributed by atoms with van der Waals surface area (Å²) in [4.78, 5) is 23.4. The Labute approximate surface area is 120 Å². The summed E-state index contributed by atoms with van der Waals surface area (Å²) >= 11 is 0. The normalized spacial score (nSPS) is 32.0. The van der Waals surface area contributed by atoms with Crippen molar-refractivity contribution in [3.05, 3.63) is 0 Å². The Morgan fingerprint density at radius 2 is 1.85 bits per heavy atom. The average Bonchev–Trinajstić information content (AvgIpc) is 3.00. The molecule has 2 saturated carbocycles. The number of carboxylic acid groups (broad SMARTS) is 1. The zero-order chi connectivity index (χ0) is 14.8. The molecule has 0 aromatic carbocycles. The molecule has 2 rings (SSSR count). The summed E-state index contributed by atoms with van der Waals surface area (Å²) in [6.07, 6.45) is 5.36. The van der Waals surface area contributed by atoms with Crippen molar-refractivity contribution in [3.63, 3.8) is 0 Å². The largest absolute Gasteiger partial charge is 0.481 e. The molecule has 0 saturated heterocycles.